The van der Waals surface area contributed by atoms with E-state index in [0.29, 0.717) is 29.0 Å². The van der Waals surface area contributed by atoms with Crippen molar-refractivity contribution in [1.29, 1.82) is 0 Å². The van der Waals surface area contributed by atoms with E-state index in [1.165, 1.54) is 6.92 Å². The lowest BCUT2D eigenvalue weighted by Gasteiger charge is -2.09. The van der Waals surface area contributed by atoms with E-state index in [1.807, 2.05) is 13.0 Å². The molecule has 0 saturated heterocycles. The molecular weight excluding hydrogens is 273 g/mol. The zero-order chi connectivity index (χ0) is 15.0. The summed E-state index contributed by atoms with van der Waals surface area (Å²) in [5, 5.41) is 7.45. The van der Waals surface area contributed by atoms with Crippen molar-refractivity contribution >= 4 is 16.9 Å². The van der Waals surface area contributed by atoms with Crippen LogP contribution in [0.5, 0.6) is 0 Å². The number of hydrogen-bond acceptors (Lipinski definition) is 6. The van der Waals surface area contributed by atoms with Gasteiger partial charge in [0.15, 0.2) is 5.52 Å². The van der Waals surface area contributed by atoms with Crippen molar-refractivity contribution in [3.05, 3.63) is 40.8 Å². The van der Waals surface area contributed by atoms with Gasteiger partial charge in [-0.2, -0.15) is 0 Å². The number of nitrogen functional groups attached to an aromatic ring is 1. The van der Waals surface area contributed by atoms with Crippen molar-refractivity contribution in [3.63, 3.8) is 0 Å². The Kier molecular flexibility index (Phi) is 3.25. The zero-order valence-corrected chi connectivity index (χ0v) is 11.7. The minimum Gasteiger partial charge on any atom is -0.396 e. The molecule has 0 spiro atoms. The molecule has 21 heavy (non-hydrogen) atoms. The Morgan fingerprint density at radius 2 is 2.14 bits per heavy atom. The summed E-state index contributed by atoms with van der Waals surface area (Å²) in [6.45, 7) is 3.31. The fraction of sp³-hybridized carbons (Fsp3) is 0.286. The molecule has 0 aliphatic rings. The Labute approximate surface area is 120 Å². The Morgan fingerprint density at radius 1 is 1.33 bits per heavy atom. The maximum Gasteiger partial charge on any atom is 0.226 e. The van der Waals surface area contributed by atoms with Crippen LogP contribution in [0.2, 0.25) is 0 Å². The maximum absolute atomic E-state index is 13.1. The van der Waals surface area contributed by atoms with Crippen LogP contribution in [0.15, 0.2) is 23.0 Å². The van der Waals surface area contributed by atoms with Gasteiger partial charge in [0.05, 0.1) is 11.4 Å². The highest BCUT2D eigenvalue weighted by atomic mass is 19.1. The van der Waals surface area contributed by atoms with Crippen molar-refractivity contribution in [1.82, 2.24) is 20.3 Å². The van der Waals surface area contributed by atoms with Gasteiger partial charge in [0.25, 0.3) is 0 Å². The van der Waals surface area contributed by atoms with Gasteiger partial charge in [0, 0.05) is 23.9 Å². The van der Waals surface area contributed by atoms with Crippen LogP contribution in [0, 0.1) is 6.92 Å². The van der Waals surface area contributed by atoms with E-state index in [2.05, 4.69) is 24.9 Å². The quantitative estimate of drug-likeness (QED) is 0.796. The normalized spacial score (nSPS) is 12.7. The van der Waals surface area contributed by atoms with E-state index in [-0.39, 0.29) is 0 Å². The minimum absolute atomic E-state index is 0.397. The highest BCUT2D eigenvalue weighted by molar-refractivity contribution is 5.85. The molecule has 3 heterocycles. The van der Waals surface area contributed by atoms with Crippen LogP contribution < -0.4 is 5.73 Å². The summed E-state index contributed by atoms with van der Waals surface area (Å²) in [5.74, 6) is 0. The monoisotopic (exact) mass is 287 g/mol. The number of nitrogens with zero attached hydrogens (tertiary/aromatic N) is 4. The summed E-state index contributed by atoms with van der Waals surface area (Å²) in [6.07, 6.45) is 1.11. The molecule has 1 unspecified atom stereocenters. The van der Waals surface area contributed by atoms with E-state index >= 15 is 0 Å². The predicted octanol–water partition coefficient (Wildman–Crippen LogP) is 2.52. The molecule has 108 valence electrons. The first-order valence-electron chi connectivity index (χ1n) is 6.52. The summed E-state index contributed by atoms with van der Waals surface area (Å²) in [7, 11) is 0. The average Bonchev–Trinajstić information content (AvgIpc) is 2.92. The van der Waals surface area contributed by atoms with Gasteiger partial charge in [-0.25, -0.2) is 14.0 Å². The first-order valence-corrected chi connectivity index (χ1v) is 6.52. The van der Waals surface area contributed by atoms with Gasteiger partial charge < -0.3 is 5.73 Å². The Hall–Kier alpha value is -2.57. The van der Waals surface area contributed by atoms with Crippen LogP contribution in [0.4, 0.5) is 10.1 Å². The number of aryl methyl sites for hydroxylation is 1. The van der Waals surface area contributed by atoms with Crippen LogP contribution in [-0.2, 0) is 6.42 Å². The van der Waals surface area contributed by atoms with E-state index in [1.54, 1.807) is 12.3 Å². The molecule has 0 fully saturated rings. The van der Waals surface area contributed by atoms with Crippen molar-refractivity contribution in [2.45, 2.75) is 26.4 Å². The highest BCUT2D eigenvalue weighted by Crippen LogP contribution is 2.25. The standard InChI is InChI=1S/C14H14FN5O/c1-7(15)11-4-3-9(6-17-11)5-10-8(2)18-14-13(12(10)16)19-21-20-14/h3-4,6-7H,5,16H2,1-2H3. The fourth-order valence-corrected chi connectivity index (χ4v) is 2.19. The van der Waals surface area contributed by atoms with Gasteiger partial charge in [-0.3, -0.25) is 4.98 Å². The van der Waals surface area contributed by atoms with E-state index in [9.17, 15) is 4.39 Å². The van der Waals surface area contributed by atoms with Crippen LogP contribution in [0.3, 0.4) is 0 Å². The summed E-state index contributed by atoms with van der Waals surface area (Å²) in [5.41, 5.74) is 10.4. The fourth-order valence-electron chi connectivity index (χ4n) is 2.19. The van der Waals surface area contributed by atoms with Gasteiger partial charge in [-0.15, -0.1) is 0 Å². The minimum atomic E-state index is -1.08. The third-order valence-electron chi connectivity index (χ3n) is 3.40. The first kappa shape index (κ1) is 13.4. The number of halogens is 1. The number of hydrogen-bond donors (Lipinski definition) is 1. The van der Waals surface area contributed by atoms with Gasteiger partial charge >= 0.3 is 0 Å². The summed E-state index contributed by atoms with van der Waals surface area (Å²) < 4.78 is 17.8. The third kappa shape index (κ3) is 2.42. The van der Waals surface area contributed by atoms with Crippen molar-refractivity contribution < 1.29 is 9.02 Å². The molecule has 0 amide bonds. The summed E-state index contributed by atoms with van der Waals surface area (Å²) in [6, 6.07) is 3.51. The molecule has 0 saturated carbocycles. The van der Waals surface area contributed by atoms with Crippen LogP contribution in [0.25, 0.3) is 11.2 Å². The lowest BCUT2D eigenvalue weighted by molar-refractivity contribution is 0.315. The summed E-state index contributed by atoms with van der Waals surface area (Å²) in [4.78, 5) is 8.41. The molecule has 0 bridgehead atoms. The van der Waals surface area contributed by atoms with Gasteiger partial charge in [-0.1, -0.05) is 6.07 Å². The lowest BCUT2D eigenvalue weighted by atomic mass is 10.0. The molecule has 0 aromatic carbocycles. The van der Waals surface area contributed by atoms with Crippen molar-refractivity contribution in [2.24, 2.45) is 0 Å². The predicted molar refractivity (Wildman–Crippen MR) is 75.3 cm³/mol. The first-order chi connectivity index (χ1) is 10.1. The molecule has 3 aromatic rings. The molecule has 2 N–H and O–H groups in total. The van der Waals surface area contributed by atoms with E-state index < -0.39 is 6.17 Å². The second kappa shape index (κ2) is 5.08. The van der Waals surface area contributed by atoms with Crippen molar-refractivity contribution in [2.75, 3.05) is 5.73 Å². The second-order valence-electron chi connectivity index (χ2n) is 4.91. The van der Waals surface area contributed by atoms with Crippen molar-refractivity contribution in [3.8, 4) is 0 Å². The van der Waals surface area contributed by atoms with Crippen LogP contribution >= 0.6 is 0 Å². The number of fused-ring (bicyclic) bond motifs is 1. The zero-order valence-electron chi connectivity index (χ0n) is 11.7. The Bertz CT molecular complexity index is 782. The molecule has 0 radical (unpaired) electrons. The van der Waals surface area contributed by atoms with Crippen LogP contribution in [0.1, 0.15) is 35.6 Å². The van der Waals surface area contributed by atoms with E-state index in [4.69, 9.17) is 5.73 Å². The topological polar surface area (TPSA) is 90.7 Å². The molecule has 7 heteroatoms. The molecule has 0 aliphatic heterocycles. The average molecular weight is 287 g/mol. The smallest absolute Gasteiger partial charge is 0.226 e. The number of pyridine rings is 2. The number of nitrogens with two attached hydrogens (primary N) is 1. The third-order valence-corrected chi connectivity index (χ3v) is 3.40. The van der Waals surface area contributed by atoms with Crippen LogP contribution in [-0.4, -0.2) is 20.3 Å². The SMILES string of the molecule is Cc1nc2nonc2c(N)c1Cc1ccc(C(C)F)nc1. The number of anilines is 1. The molecule has 1 atom stereocenters. The molecular formula is C14H14FN5O. The van der Waals surface area contributed by atoms with E-state index in [0.717, 1.165) is 16.8 Å². The number of aromatic nitrogens is 4. The second-order valence-corrected chi connectivity index (χ2v) is 4.91. The Balaban J connectivity index is 1.97. The molecule has 3 aromatic heterocycles. The van der Waals surface area contributed by atoms with Gasteiger partial charge in [-0.05, 0) is 35.8 Å². The molecule has 6 nitrogen and oxygen atoms in total. The lowest BCUT2D eigenvalue weighted by Crippen LogP contribution is -2.03. The number of alkyl halides is 1. The van der Waals surface area contributed by atoms with Gasteiger partial charge in [0.1, 0.15) is 6.17 Å². The molecule has 0 aliphatic carbocycles. The molecule has 3 rings (SSSR count). The Morgan fingerprint density at radius 3 is 2.81 bits per heavy atom. The number of rotatable bonds is 3. The largest absolute Gasteiger partial charge is 0.396 e. The summed E-state index contributed by atoms with van der Waals surface area (Å²) >= 11 is 0. The van der Waals surface area contributed by atoms with Gasteiger partial charge in [0.2, 0.25) is 5.65 Å². The maximum atomic E-state index is 13.1. The highest BCUT2D eigenvalue weighted by Gasteiger charge is 2.15.